The number of aryl methyl sites for hydroxylation is 1. The summed E-state index contributed by atoms with van der Waals surface area (Å²) in [6.45, 7) is 9.45. The van der Waals surface area contributed by atoms with E-state index in [2.05, 4.69) is 31.1 Å². The highest BCUT2D eigenvalue weighted by atomic mass is 35.5. The van der Waals surface area contributed by atoms with E-state index in [1.54, 1.807) is 6.20 Å². The summed E-state index contributed by atoms with van der Waals surface area (Å²) < 4.78 is 0. The van der Waals surface area contributed by atoms with Gasteiger partial charge in [0.25, 0.3) is 0 Å². The molecule has 2 nitrogen and oxygen atoms in total. The van der Waals surface area contributed by atoms with Crippen molar-refractivity contribution in [2.45, 2.75) is 27.7 Å². The molecule has 0 aromatic carbocycles. The van der Waals surface area contributed by atoms with Crippen molar-refractivity contribution < 1.29 is 0 Å². The highest BCUT2D eigenvalue weighted by molar-refractivity contribution is 6.30. The molecular formula is C11H17ClN2. The molecule has 1 aromatic rings. The van der Waals surface area contributed by atoms with Crippen LogP contribution in [0.15, 0.2) is 12.3 Å². The first-order chi connectivity index (χ1) is 6.38. The van der Waals surface area contributed by atoms with Crippen molar-refractivity contribution in [1.82, 2.24) is 4.98 Å². The van der Waals surface area contributed by atoms with Gasteiger partial charge in [-0.15, -0.1) is 0 Å². The van der Waals surface area contributed by atoms with Gasteiger partial charge in [-0.3, -0.25) is 0 Å². The summed E-state index contributed by atoms with van der Waals surface area (Å²) >= 11 is 5.83. The summed E-state index contributed by atoms with van der Waals surface area (Å²) in [5.74, 6) is 0. The van der Waals surface area contributed by atoms with Gasteiger partial charge in [-0.05, 0) is 24.0 Å². The third-order valence-corrected chi connectivity index (χ3v) is 2.23. The molecule has 0 aliphatic carbocycles. The van der Waals surface area contributed by atoms with Gasteiger partial charge in [-0.25, -0.2) is 4.98 Å². The zero-order valence-corrected chi connectivity index (χ0v) is 9.94. The standard InChI is InChI=1S/C11H17ClN2/c1-8-5-9(6-13-10(8)12)14-7-11(2,3)4/h5-6,14H,7H2,1-4H3. The maximum absolute atomic E-state index is 5.83. The predicted molar refractivity (Wildman–Crippen MR) is 61.9 cm³/mol. The van der Waals surface area contributed by atoms with Crippen molar-refractivity contribution in [1.29, 1.82) is 0 Å². The van der Waals surface area contributed by atoms with Crippen molar-refractivity contribution in [2.75, 3.05) is 11.9 Å². The molecule has 0 amide bonds. The van der Waals surface area contributed by atoms with Crippen LogP contribution in [0.2, 0.25) is 5.15 Å². The molecule has 0 aliphatic heterocycles. The van der Waals surface area contributed by atoms with E-state index in [0.29, 0.717) is 5.15 Å². The van der Waals surface area contributed by atoms with Crippen LogP contribution in [0.4, 0.5) is 5.69 Å². The lowest BCUT2D eigenvalue weighted by Crippen LogP contribution is -2.19. The Labute approximate surface area is 90.7 Å². The summed E-state index contributed by atoms with van der Waals surface area (Å²) in [6.07, 6.45) is 1.76. The van der Waals surface area contributed by atoms with Crippen LogP contribution in [0.5, 0.6) is 0 Å². The summed E-state index contributed by atoms with van der Waals surface area (Å²) in [7, 11) is 0. The van der Waals surface area contributed by atoms with E-state index in [-0.39, 0.29) is 5.41 Å². The topological polar surface area (TPSA) is 24.9 Å². The van der Waals surface area contributed by atoms with Gasteiger partial charge in [-0.2, -0.15) is 0 Å². The number of hydrogen-bond acceptors (Lipinski definition) is 2. The van der Waals surface area contributed by atoms with Crippen molar-refractivity contribution in [3.63, 3.8) is 0 Å². The first-order valence-electron chi connectivity index (χ1n) is 4.74. The van der Waals surface area contributed by atoms with Crippen LogP contribution in [-0.2, 0) is 0 Å². The number of halogens is 1. The molecule has 0 saturated heterocycles. The molecule has 0 radical (unpaired) electrons. The van der Waals surface area contributed by atoms with Crippen molar-refractivity contribution >= 4 is 17.3 Å². The number of aromatic nitrogens is 1. The van der Waals surface area contributed by atoms with Crippen molar-refractivity contribution in [3.05, 3.63) is 23.0 Å². The lowest BCUT2D eigenvalue weighted by Gasteiger charge is -2.19. The van der Waals surface area contributed by atoms with Gasteiger partial charge < -0.3 is 5.32 Å². The van der Waals surface area contributed by atoms with E-state index in [4.69, 9.17) is 11.6 Å². The number of rotatable bonds is 2. The molecule has 0 aliphatic rings. The normalized spacial score (nSPS) is 11.5. The molecule has 1 rings (SSSR count). The molecule has 3 heteroatoms. The zero-order valence-electron chi connectivity index (χ0n) is 9.19. The van der Waals surface area contributed by atoms with Crippen LogP contribution in [0.25, 0.3) is 0 Å². The smallest absolute Gasteiger partial charge is 0.132 e. The largest absolute Gasteiger partial charge is 0.383 e. The van der Waals surface area contributed by atoms with E-state index in [9.17, 15) is 0 Å². The number of nitrogens with zero attached hydrogens (tertiary/aromatic N) is 1. The number of nitrogens with one attached hydrogen (secondary N) is 1. The fourth-order valence-electron chi connectivity index (χ4n) is 1.02. The van der Waals surface area contributed by atoms with Crippen LogP contribution in [0, 0.1) is 12.3 Å². The second-order valence-electron chi connectivity index (χ2n) is 4.75. The third-order valence-electron chi connectivity index (χ3n) is 1.84. The Kier molecular flexibility index (Phi) is 3.38. The number of hydrogen-bond donors (Lipinski definition) is 1. The second kappa shape index (κ2) is 4.18. The number of anilines is 1. The second-order valence-corrected chi connectivity index (χ2v) is 5.10. The number of pyridine rings is 1. The molecule has 0 atom stereocenters. The molecule has 0 spiro atoms. The van der Waals surface area contributed by atoms with Gasteiger partial charge in [0.2, 0.25) is 0 Å². The first kappa shape index (κ1) is 11.3. The van der Waals surface area contributed by atoms with E-state index in [1.165, 1.54) is 0 Å². The fourth-order valence-corrected chi connectivity index (χ4v) is 1.13. The van der Waals surface area contributed by atoms with Crippen LogP contribution in [0.1, 0.15) is 26.3 Å². The van der Waals surface area contributed by atoms with Crippen molar-refractivity contribution in [3.8, 4) is 0 Å². The fraction of sp³-hybridized carbons (Fsp3) is 0.545. The monoisotopic (exact) mass is 212 g/mol. The molecule has 78 valence electrons. The Morgan fingerprint density at radius 3 is 2.57 bits per heavy atom. The van der Waals surface area contributed by atoms with Gasteiger partial charge in [-0.1, -0.05) is 32.4 Å². The highest BCUT2D eigenvalue weighted by Gasteiger charge is 2.09. The van der Waals surface area contributed by atoms with Crippen LogP contribution in [0.3, 0.4) is 0 Å². The molecule has 0 bridgehead atoms. The summed E-state index contributed by atoms with van der Waals surface area (Å²) in [6, 6.07) is 2.01. The average molecular weight is 213 g/mol. The van der Waals surface area contributed by atoms with Gasteiger partial charge in [0, 0.05) is 6.54 Å². The first-order valence-corrected chi connectivity index (χ1v) is 5.12. The molecule has 1 aromatic heterocycles. The SMILES string of the molecule is Cc1cc(NCC(C)(C)C)cnc1Cl. The van der Waals surface area contributed by atoms with Crippen LogP contribution < -0.4 is 5.32 Å². The van der Waals surface area contributed by atoms with Crippen LogP contribution >= 0.6 is 11.6 Å². The lowest BCUT2D eigenvalue weighted by atomic mass is 9.97. The Hall–Kier alpha value is -0.760. The minimum absolute atomic E-state index is 0.271. The summed E-state index contributed by atoms with van der Waals surface area (Å²) in [5.41, 5.74) is 2.31. The Morgan fingerprint density at radius 2 is 2.07 bits per heavy atom. The summed E-state index contributed by atoms with van der Waals surface area (Å²) in [5, 5.41) is 3.91. The predicted octanol–water partition coefficient (Wildman–Crippen LogP) is 3.50. The molecule has 14 heavy (non-hydrogen) atoms. The Bertz CT molecular complexity index is 316. The van der Waals surface area contributed by atoms with Crippen molar-refractivity contribution in [2.24, 2.45) is 5.41 Å². The minimum Gasteiger partial charge on any atom is -0.383 e. The third kappa shape index (κ3) is 3.54. The van der Waals surface area contributed by atoms with E-state index in [0.717, 1.165) is 17.8 Å². The summed E-state index contributed by atoms with van der Waals surface area (Å²) in [4.78, 5) is 4.08. The lowest BCUT2D eigenvalue weighted by molar-refractivity contribution is 0.443. The molecular weight excluding hydrogens is 196 g/mol. The van der Waals surface area contributed by atoms with Crippen LogP contribution in [-0.4, -0.2) is 11.5 Å². The maximum Gasteiger partial charge on any atom is 0.132 e. The quantitative estimate of drug-likeness (QED) is 0.760. The van der Waals surface area contributed by atoms with Gasteiger partial charge in [0.15, 0.2) is 0 Å². The Morgan fingerprint density at radius 1 is 1.43 bits per heavy atom. The van der Waals surface area contributed by atoms with Gasteiger partial charge in [0.1, 0.15) is 5.15 Å². The molecule has 0 unspecified atom stereocenters. The minimum atomic E-state index is 0.271. The molecule has 1 N–H and O–H groups in total. The zero-order chi connectivity index (χ0) is 10.8. The van der Waals surface area contributed by atoms with E-state index < -0.39 is 0 Å². The van der Waals surface area contributed by atoms with E-state index >= 15 is 0 Å². The Balaban J connectivity index is 2.65. The molecule has 1 heterocycles. The average Bonchev–Trinajstić information content (AvgIpc) is 2.06. The van der Waals surface area contributed by atoms with Gasteiger partial charge in [0.05, 0.1) is 11.9 Å². The maximum atomic E-state index is 5.83. The highest BCUT2D eigenvalue weighted by Crippen LogP contribution is 2.18. The molecule has 0 saturated carbocycles. The van der Waals surface area contributed by atoms with E-state index in [1.807, 2.05) is 13.0 Å². The van der Waals surface area contributed by atoms with Gasteiger partial charge >= 0.3 is 0 Å². The molecule has 0 fully saturated rings.